The Morgan fingerprint density at radius 1 is 1.13 bits per heavy atom. The maximum absolute atomic E-state index is 12.8. The number of benzene rings is 1. The number of carbonyl (C=O) groups excluding carboxylic acids is 3. The number of nitrogens with one attached hydrogen (secondary N) is 2. The summed E-state index contributed by atoms with van der Waals surface area (Å²) in [6.07, 6.45) is 4.50. The van der Waals surface area contributed by atoms with E-state index in [-0.39, 0.29) is 18.2 Å². The van der Waals surface area contributed by atoms with Gasteiger partial charge in [-0.3, -0.25) is 9.59 Å². The fourth-order valence-corrected chi connectivity index (χ4v) is 3.22. The summed E-state index contributed by atoms with van der Waals surface area (Å²) in [7, 11) is 0. The van der Waals surface area contributed by atoms with Crippen molar-refractivity contribution in [2.24, 2.45) is 11.7 Å². The number of nitrogens with zero attached hydrogens (tertiary/aromatic N) is 1. The van der Waals surface area contributed by atoms with E-state index in [4.69, 9.17) is 10.5 Å². The van der Waals surface area contributed by atoms with Crippen molar-refractivity contribution in [2.75, 3.05) is 13.1 Å². The standard InChI is InChI=1S/C22H32N4O4/c1-16(2)13-18(25-22(29)30-15-17-9-5-3-6-10-17)21(28)24-19(20(23)27)14-26-11-7-4-8-12-26/h3,5-6,9-10,14,16,18H,4,7-8,11-13,15H2,1-2H3,(H2,23,27)(H,24,28)(H,25,29)/b19-14-/t18-/m0/s1. The molecule has 0 aromatic heterocycles. The lowest BCUT2D eigenvalue weighted by atomic mass is 10.0. The van der Waals surface area contributed by atoms with Gasteiger partial charge in [-0.2, -0.15) is 0 Å². The van der Waals surface area contributed by atoms with Gasteiger partial charge >= 0.3 is 6.09 Å². The molecule has 1 heterocycles. The van der Waals surface area contributed by atoms with E-state index in [0.29, 0.717) is 6.42 Å². The number of hydrogen-bond acceptors (Lipinski definition) is 5. The van der Waals surface area contributed by atoms with Gasteiger partial charge < -0.3 is 26.0 Å². The molecule has 8 heteroatoms. The summed E-state index contributed by atoms with van der Waals surface area (Å²) in [6.45, 7) is 5.61. The first kappa shape index (κ1) is 23.3. The summed E-state index contributed by atoms with van der Waals surface area (Å²) in [5, 5.41) is 5.18. The second-order valence-corrected chi connectivity index (χ2v) is 7.88. The molecule has 1 saturated heterocycles. The Morgan fingerprint density at radius 2 is 1.80 bits per heavy atom. The zero-order valence-electron chi connectivity index (χ0n) is 17.7. The van der Waals surface area contributed by atoms with Gasteiger partial charge in [0.05, 0.1) is 0 Å². The van der Waals surface area contributed by atoms with Crippen LogP contribution in [0.5, 0.6) is 0 Å². The maximum atomic E-state index is 12.8. The van der Waals surface area contributed by atoms with Gasteiger partial charge in [0, 0.05) is 19.3 Å². The number of nitrogens with two attached hydrogens (primary N) is 1. The highest BCUT2D eigenvalue weighted by Gasteiger charge is 2.25. The van der Waals surface area contributed by atoms with E-state index in [1.807, 2.05) is 49.1 Å². The second-order valence-electron chi connectivity index (χ2n) is 7.88. The minimum Gasteiger partial charge on any atom is -0.445 e. The number of primary amides is 1. The molecule has 0 bridgehead atoms. The van der Waals surface area contributed by atoms with Crippen LogP contribution >= 0.6 is 0 Å². The molecule has 1 aliphatic rings. The van der Waals surface area contributed by atoms with E-state index >= 15 is 0 Å². The van der Waals surface area contributed by atoms with Crippen LogP contribution in [0, 0.1) is 5.92 Å². The largest absolute Gasteiger partial charge is 0.445 e. The quantitative estimate of drug-likeness (QED) is 0.534. The minimum absolute atomic E-state index is 0.0232. The normalized spacial score (nSPS) is 15.4. The molecule has 1 aromatic rings. The number of carbonyl (C=O) groups is 3. The lowest BCUT2D eigenvalue weighted by Crippen LogP contribution is -2.48. The predicted molar refractivity (Wildman–Crippen MR) is 114 cm³/mol. The third-order valence-corrected chi connectivity index (χ3v) is 4.75. The van der Waals surface area contributed by atoms with Crippen LogP contribution in [0.4, 0.5) is 4.79 Å². The maximum Gasteiger partial charge on any atom is 0.408 e. The molecule has 0 aliphatic carbocycles. The van der Waals surface area contributed by atoms with E-state index in [0.717, 1.165) is 37.9 Å². The molecule has 2 rings (SSSR count). The number of likely N-dealkylation sites (tertiary alicyclic amines) is 1. The highest BCUT2D eigenvalue weighted by molar-refractivity contribution is 5.98. The molecular formula is C22H32N4O4. The average molecular weight is 417 g/mol. The number of hydrogen-bond donors (Lipinski definition) is 3. The highest BCUT2D eigenvalue weighted by Crippen LogP contribution is 2.11. The molecule has 3 amide bonds. The zero-order valence-corrected chi connectivity index (χ0v) is 17.7. The van der Waals surface area contributed by atoms with Gasteiger partial charge in [-0.15, -0.1) is 0 Å². The number of rotatable bonds is 9. The van der Waals surface area contributed by atoms with Gasteiger partial charge in [0.2, 0.25) is 5.91 Å². The number of alkyl carbamates (subject to hydrolysis) is 1. The van der Waals surface area contributed by atoms with Crippen LogP contribution in [0.15, 0.2) is 42.2 Å². The first-order chi connectivity index (χ1) is 14.3. The molecule has 1 aromatic carbocycles. The average Bonchev–Trinajstić information content (AvgIpc) is 2.72. The molecule has 1 aliphatic heterocycles. The fraction of sp³-hybridized carbons (Fsp3) is 0.500. The van der Waals surface area contributed by atoms with Gasteiger partial charge in [0.1, 0.15) is 18.3 Å². The topological polar surface area (TPSA) is 114 Å². The van der Waals surface area contributed by atoms with Crippen molar-refractivity contribution in [1.29, 1.82) is 0 Å². The molecule has 0 unspecified atom stereocenters. The summed E-state index contributed by atoms with van der Waals surface area (Å²) in [5.41, 5.74) is 6.32. The summed E-state index contributed by atoms with van der Waals surface area (Å²) < 4.78 is 5.22. The summed E-state index contributed by atoms with van der Waals surface area (Å²) in [5.74, 6) is -1.08. The number of ether oxygens (including phenoxy) is 1. The van der Waals surface area contributed by atoms with E-state index in [2.05, 4.69) is 10.6 Å². The van der Waals surface area contributed by atoms with Crippen molar-refractivity contribution in [2.45, 2.75) is 52.2 Å². The Labute approximate surface area is 177 Å². The fourth-order valence-electron chi connectivity index (χ4n) is 3.22. The predicted octanol–water partition coefficient (Wildman–Crippen LogP) is 2.26. The first-order valence-corrected chi connectivity index (χ1v) is 10.4. The molecule has 0 saturated carbocycles. The van der Waals surface area contributed by atoms with Crippen LogP contribution in [0.1, 0.15) is 45.1 Å². The number of amides is 3. The van der Waals surface area contributed by atoms with E-state index in [1.165, 1.54) is 0 Å². The van der Waals surface area contributed by atoms with E-state index in [1.54, 1.807) is 6.20 Å². The van der Waals surface area contributed by atoms with Crippen molar-refractivity contribution in [1.82, 2.24) is 15.5 Å². The summed E-state index contributed by atoms with van der Waals surface area (Å²) in [4.78, 5) is 38.8. The van der Waals surface area contributed by atoms with Gasteiger partial charge in [-0.1, -0.05) is 44.2 Å². The van der Waals surface area contributed by atoms with Crippen LogP contribution in [0.2, 0.25) is 0 Å². The monoisotopic (exact) mass is 416 g/mol. The summed E-state index contributed by atoms with van der Waals surface area (Å²) in [6, 6.07) is 8.42. The summed E-state index contributed by atoms with van der Waals surface area (Å²) >= 11 is 0. The highest BCUT2D eigenvalue weighted by atomic mass is 16.5. The minimum atomic E-state index is -0.850. The first-order valence-electron chi connectivity index (χ1n) is 10.4. The van der Waals surface area contributed by atoms with Gasteiger partial charge in [-0.25, -0.2) is 4.79 Å². The van der Waals surface area contributed by atoms with Crippen LogP contribution in [-0.2, 0) is 20.9 Å². The molecular weight excluding hydrogens is 384 g/mol. The van der Waals surface area contributed by atoms with Gasteiger partial charge in [-0.05, 0) is 37.2 Å². The lowest BCUT2D eigenvalue weighted by molar-refractivity contribution is -0.124. The number of piperidine rings is 1. The zero-order chi connectivity index (χ0) is 21.9. The Morgan fingerprint density at radius 3 is 2.40 bits per heavy atom. The van der Waals surface area contributed by atoms with Crippen LogP contribution < -0.4 is 16.4 Å². The Hall–Kier alpha value is -3.03. The van der Waals surface area contributed by atoms with Crippen molar-refractivity contribution in [3.05, 3.63) is 47.8 Å². The van der Waals surface area contributed by atoms with Crippen LogP contribution in [0.25, 0.3) is 0 Å². The third-order valence-electron chi connectivity index (χ3n) is 4.75. The Bertz CT molecular complexity index is 743. The van der Waals surface area contributed by atoms with Crippen molar-refractivity contribution in [3.63, 3.8) is 0 Å². The van der Waals surface area contributed by atoms with Crippen molar-refractivity contribution < 1.29 is 19.1 Å². The SMILES string of the molecule is CC(C)C[C@H](NC(=O)OCc1ccccc1)C(=O)N/C(=C\N1CCCCC1)C(N)=O. The molecule has 30 heavy (non-hydrogen) atoms. The molecule has 1 fully saturated rings. The molecule has 4 N–H and O–H groups in total. The molecule has 8 nitrogen and oxygen atoms in total. The van der Waals surface area contributed by atoms with Crippen molar-refractivity contribution in [3.8, 4) is 0 Å². The molecule has 1 atom stereocenters. The Kier molecular flexibility index (Phi) is 9.18. The van der Waals surface area contributed by atoms with E-state index in [9.17, 15) is 14.4 Å². The molecule has 164 valence electrons. The van der Waals surface area contributed by atoms with Crippen LogP contribution in [-0.4, -0.2) is 41.9 Å². The molecule has 0 spiro atoms. The smallest absolute Gasteiger partial charge is 0.408 e. The van der Waals surface area contributed by atoms with E-state index < -0.39 is 23.9 Å². The molecule has 0 radical (unpaired) electrons. The lowest BCUT2D eigenvalue weighted by Gasteiger charge is -2.26. The van der Waals surface area contributed by atoms with Gasteiger partial charge in [0.15, 0.2) is 0 Å². The second kappa shape index (κ2) is 11.8. The third kappa shape index (κ3) is 8.14. The Balaban J connectivity index is 1.99. The van der Waals surface area contributed by atoms with Gasteiger partial charge in [0.25, 0.3) is 5.91 Å². The van der Waals surface area contributed by atoms with Crippen molar-refractivity contribution >= 4 is 17.9 Å². The van der Waals surface area contributed by atoms with Crippen LogP contribution in [0.3, 0.4) is 0 Å².